The largest absolute Gasteiger partial charge is 0.240 e. The van der Waals surface area contributed by atoms with Gasteiger partial charge < -0.3 is 0 Å². The van der Waals surface area contributed by atoms with E-state index in [0.717, 1.165) is 0 Å². The Balaban J connectivity index is 3.11. The Hall–Kier alpha value is -2.02. The summed E-state index contributed by atoms with van der Waals surface area (Å²) in [6.45, 7) is 0. The summed E-state index contributed by atoms with van der Waals surface area (Å²) in [6.07, 6.45) is 2.74. The predicted molar refractivity (Wildman–Crippen MR) is 40.8 cm³/mol. The molecule has 0 aliphatic carbocycles. The van der Waals surface area contributed by atoms with Gasteiger partial charge in [-0.05, 0) is 24.3 Å². The van der Waals surface area contributed by atoms with Gasteiger partial charge >= 0.3 is 0 Å². The number of isocyanates is 2. The van der Waals surface area contributed by atoms with Gasteiger partial charge in [-0.1, -0.05) is 0 Å². The molecule has 0 fully saturated rings. The lowest BCUT2D eigenvalue weighted by atomic mass is 10.3. The molecule has 1 rings (SSSR count). The van der Waals surface area contributed by atoms with Gasteiger partial charge in [0.15, 0.2) is 0 Å². The van der Waals surface area contributed by atoms with Crippen LogP contribution in [0.15, 0.2) is 28.2 Å². The van der Waals surface area contributed by atoms with Crippen molar-refractivity contribution in [2.24, 2.45) is 9.98 Å². The molecule has 0 bridgehead atoms. The molecule has 0 spiro atoms. The van der Waals surface area contributed by atoms with Crippen LogP contribution in [0.4, 0.5) is 11.4 Å². The lowest BCUT2D eigenvalue weighted by Crippen LogP contribution is -1.65. The van der Waals surface area contributed by atoms with Crippen LogP contribution in [-0.2, 0) is 9.59 Å². The van der Waals surface area contributed by atoms with E-state index in [4.69, 9.17) is 0 Å². The van der Waals surface area contributed by atoms with Crippen LogP contribution in [0.5, 0.6) is 0 Å². The lowest BCUT2D eigenvalue weighted by molar-refractivity contribution is 0.565. The number of rotatable bonds is 2. The maximum atomic E-state index is 9.83. The molecule has 0 unspecified atom stereocenters. The van der Waals surface area contributed by atoms with Crippen molar-refractivity contribution < 1.29 is 9.59 Å². The molecule has 0 N–H and O–H groups in total. The Morgan fingerprint density at radius 1 is 1.08 bits per heavy atom. The van der Waals surface area contributed by atoms with Gasteiger partial charge in [0.25, 0.3) is 0 Å². The van der Waals surface area contributed by atoms with Crippen LogP contribution in [0.1, 0.15) is 0 Å². The second-order valence-corrected chi connectivity index (χ2v) is 1.86. The first-order valence-corrected chi connectivity index (χ1v) is 3.03. The second-order valence-electron chi connectivity index (χ2n) is 1.86. The molecule has 0 aliphatic heterocycles. The zero-order valence-corrected chi connectivity index (χ0v) is 5.94. The molecule has 12 heavy (non-hydrogen) atoms. The molecule has 0 amide bonds. The molecule has 4 heteroatoms. The van der Waals surface area contributed by atoms with Crippen molar-refractivity contribution >= 4 is 23.5 Å². The van der Waals surface area contributed by atoms with Gasteiger partial charge in [0.05, 0.1) is 11.4 Å². The highest BCUT2D eigenvalue weighted by atomic mass is 16.1. The van der Waals surface area contributed by atoms with Crippen molar-refractivity contribution in [1.82, 2.24) is 0 Å². The quantitative estimate of drug-likeness (QED) is 0.484. The monoisotopic (exact) mass is 159 g/mol. The van der Waals surface area contributed by atoms with Crippen LogP contribution < -0.4 is 0 Å². The van der Waals surface area contributed by atoms with Crippen molar-refractivity contribution in [3.8, 4) is 0 Å². The van der Waals surface area contributed by atoms with Crippen molar-refractivity contribution in [3.05, 3.63) is 24.3 Å². The topological polar surface area (TPSA) is 58.9 Å². The number of benzene rings is 1. The average molecular weight is 159 g/mol. The SMILES string of the molecule is O=C=Nc1c[c]cc(N=C=O)c1. The molecule has 0 atom stereocenters. The van der Waals surface area contributed by atoms with Crippen LogP contribution in [0.2, 0.25) is 0 Å². The maximum absolute atomic E-state index is 9.83. The van der Waals surface area contributed by atoms with E-state index in [-0.39, 0.29) is 0 Å². The molecule has 1 aromatic carbocycles. The summed E-state index contributed by atoms with van der Waals surface area (Å²) in [6, 6.07) is 7.07. The molecule has 0 aliphatic rings. The third kappa shape index (κ3) is 1.99. The smallest absolute Gasteiger partial charge is 0.211 e. The fourth-order valence-electron chi connectivity index (χ4n) is 0.682. The molecule has 57 valence electrons. The van der Waals surface area contributed by atoms with E-state index in [2.05, 4.69) is 16.1 Å². The van der Waals surface area contributed by atoms with Crippen LogP contribution >= 0.6 is 0 Å². The number of hydrogen-bond acceptors (Lipinski definition) is 4. The highest BCUT2D eigenvalue weighted by molar-refractivity contribution is 5.57. The lowest BCUT2D eigenvalue weighted by Gasteiger charge is -1.89. The van der Waals surface area contributed by atoms with Gasteiger partial charge in [0, 0.05) is 0 Å². The molecule has 0 saturated carbocycles. The van der Waals surface area contributed by atoms with E-state index in [0.29, 0.717) is 11.4 Å². The summed E-state index contributed by atoms with van der Waals surface area (Å²) in [5.74, 6) is 0. The molecule has 1 aromatic rings. The Labute approximate surface area is 68.3 Å². The summed E-state index contributed by atoms with van der Waals surface area (Å²) < 4.78 is 0. The van der Waals surface area contributed by atoms with Gasteiger partial charge in [0.2, 0.25) is 12.2 Å². The van der Waals surface area contributed by atoms with Crippen molar-refractivity contribution in [2.45, 2.75) is 0 Å². The zero-order chi connectivity index (χ0) is 8.81. The number of carbonyl (C=O) groups excluding carboxylic acids is 2. The Morgan fingerprint density at radius 3 is 2.00 bits per heavy atom. The third-order valence-electron chi connectivity index (χ3n) is 1.11. The molecule has 0 aromatic heterocycles. The minimum absolute atomic E-state index is 0.363. The molecular weight excluding hydrogens is 156 g/mol. The van der Waals surface area contributed by atoms with Crippen molar-refractivity contribution in [3.63, 3.8) is 0 Å². The van der Waals surface area contributed by atoms with E-state index in [1.54, 1.807) is 0 Å². The summed E-state index contributed by atoms with van der Waals surface area (Å²) in [4.78, 5) is 26.3. The Bertz CT molecular complexity index is 341. The van der Waals surface area contributed by atoms with Crippen molar-refractivity contribution in [2.75, 3.05) is 0 Å². The fourth-order valence-corrected chi connectivity index (χ4v) is 0.682. The highest BCUT2D eigenvalue weighted by Crippen LogP contribution is 2.18. The van der Waals surface area contributed by atoms with Gasteiger partial charge in [0.1, 0.15) is 0 Å². The van der Waals surface area contributed by atoms with Crippen LogP contribution in [-0.4, -0.2) is 12.2 Å². The summed E-state index contributed by atoms with van der Waals surface area (Å²) >= 11 is 0. The van der Waals surface area contributed by atoms with Gasteiger partial charge in [-0.2, -0.15) is 9.98 Å². The first kappa shape index (κ1) is 8.08. The number of nitrogens with zero attached hydrogens (tertiary/aromatic N) is 2. The molecule has 0 saturated heterocycles. The average Bonchev–Trinajstić information content (AvgIpc) is 2.06. The number of aliphatic imine (C=N–C) groups is 2. The molecular formula is C8H3N2O2. The highest BCUT2D eigenvalue weighted by Gasteiger charge is 1.91. The van der Waals surface area contributed by atoms with E-state index < -0.39 is 0 Å². The van der Waals surface area contributed by atoms with E-state index >= 15 is 0 Å². The first-order chi connectivity index (χ1) is 5.86. The van der Waals surface area contributed by atoms with E-state index in [1.807, 2.05) is 0 Å². The summed E-state index contributed by atoms with van der Waals surface area (Å²) in [7, 11) is 0. The minimum Gasteiger partial charge on any atom is -0.211 e. The van der Waals surface area contributed by atoms with Crippen LogP contribution in [0, 0.1) is 6.07 Å². The maximum Gasteiger partial charge on any atom is 0.240 e. The standard InChI is InChI=1S/C8H3N2O2/c11-5-9-7-2-1-3-8(4-7)10-6-12/h2-4H. The first-order valence-electron chi connectivity index (χ1n) is 3.03. The van der Waals surface area contributed by atoms with Crippen LogP contribution in [0.3, 0.4) is 0 Å². The minimum atomic E-state index is 0.363. The van der Waals surface area contributed by atoms with Gasteiger partial charge in [-0.15, -0.1) is 0 Å². The second kappa shape index (κ2) is 3.98. The van der Waals surface area contributed by atoms with E-state index in [9.17, 15) is 9.59 Å². The van der Waals surface area contributed by atoms with Crippen molar-refractivity contribution in [1.29, 1.82) is 0 Å². The molecule has 4 nitrogen and oxygen atoms in total. The fraction of sp³-hybridized carbons (Fsp3) is 0. The zero-order valence-electron chi connectivity index (χ0n) is 5.94. The van der Waals surface area contributed by atoms with Crippen LogP contribution in [0.25, 0.3) is 0 Å². The summed E-state index contributed by atoms with van der Waals surface area (Å²) in [5, 5.41) is 0. The molecule has 1 radical (unpaired) electrons. The van der Waals surface area contributed by atoms with Gasteiger partial charge in [-0.3, -0.25) is 0 Å². The third-order valence-corrected chi connectivity index (χ3v) is 1.11. The Morgan fingerprint density at radius 2 is 1.58 bits per heavy atom. The number of hydrogen-bond donors (Lipinski definition) is 0. The molecule has 0 heterocycles. The predicted octanol–water partition coefficient (Wildman–Crippen LogP) is 1.42. The van der Waals surface area contributed by atoms with Gasteiger partial charge in [-0.25, -0.2) is 9.59 Å². The van der Waals surface area contributed by atoms with E-state index in [1.165, 1.54) is 30.4 Å². The summed E-state index contributed by atoms with van der Waals surface area (Å²) in [5.41, 5.74) is 0.725. The Kier molecular flexibility index (Phi) is 2.68. The normalized spacial score (nSPS) is 8.00.